The fourth-order valence-electron chi connectivity index (χ4n) is 4.91. The molecule has 2 heterocycles. The Morgan fingerprint density at radius 3 is 2.72 bits per heavy atom. The Hall–Kier alpha value is -3.18. The van der Waals surface area contributed by atoms with Crippen molar-refractivity contribution in [3.05, 3.63) is 70.7 Å². The van der Waals surface area contributed by atoms with Gasteiger partial charge in [0.2, 0.25) is 11.8 Å². The van der Waals surface area contributed by atoms with Gasteiger partial charge in [0.15, 0.2) is 0 Å². The Morgan fingerprint density at radius 2 is 2.03 bits per heavy atom. The first kappa shape index (κ1) is 28.8. The molecule has 0 saturated carbocycles. The lowest BCUT2D eigenvalue weighted by atomic mass is 9.93. The average Bonchev–Trinajstić information content (AvgIpc) is 3.58. The predicted octanol–water partition coefficient (Wildman–Crippen LogP) is 2.52. The molecular weight excluding hydrogens is 522 g/mol. The fourth-order valence-corrected chi connectivity index (χ4v) is 5.12. The average molecular weight is 558 g/mol. The van der Waals surface area contributed by atoms with Crippen LogP contribution >= 0.6 is 11.6 Å². The van der Waals surface area contributed by atoms with Crippen molar-refractivity contribution < 1.29 is 24.2 Å². The fraction of sp³-hybridized carbons (Fsp3) is 0.464. The molecule has 0 aliphatic carbocycles. The zero-order valence-corrected chi connectivity index (χ0v) is 23.0. The monoisotopic (exact) mass is 557 g/mol. The highest BCUT2D eigenvalue weighted by Crippen LogP contribution is 2.30. The number of aliphatic hydroxyl groups excluding tert-OH is 1. The summed E-state index contributed by atoms with van der Waals surface area (Å²) in [5.41, 5.74) is 1.02. The lowest BCUT2D eigenvalue weighted by Gasteiger charge is -2.32. The number of halogens is 1. The summed E-state index contributed by atoms with van der Waals surface area (Å²) in [6.45, 7) is 2.48. The number of benzene rings is 2. The molecule has 2 aromatic rings. The molecule has 1 fully saturated rings. The first-order chi connectivity index (χ1) is 18.7. The van der Waals surface area contributed by atoms with Gasteiger partial charge in [-0.25, -0.2) is 15.6 Å². The summed E-state index contributed by atoms with van der Waals surface area (Å²) in [5, 5.41) is 14.5. The maximum atomic E-state index is 13.9. The molecule has 1 unspecified atom stereocenters. The van der Waals surface area contributed by atoms with Gasteiger partial charge in [0, 0.05) is 25.0 Å². The maximum absolute atomic E-state index is 13.9. The summed E-state index contributed by atoms with van der Waals surface area (Å²) in [5.74, 6) is 5.74. The lowest BCUT2D eigenvalue weighted by molar-refractivity contribution is -0.137. The second kappa shape index (κ2) is 12.8. The summed E-state index contributed by atoms with van der Waals surface area (Å²) < 4.78 is 12.0. The molecule has 11 heteroatoms. The highest BCUT2D eigenvalue weighted by Gasteiger charge is 2.44. The molecule has 4 rings (SSSR count). The third-order valence-corrected chi connectivity index (χ3v) is 7.30. The van der Waals surface area contributed by atoms with E-state index < -0.39 is 29.8 Å². The van der Waals surface area contributed by atoms with Gasteiger partial charge < -0.3 is 24.8 Å². The van der Waals surface area contributed by atoms with Gasteiger partial charge in [-0.15, -0.1) is 0 Å². The van der Waals surface area contributed by atoms with Gasteiger partial charge in [-0.05, 0) is 43.0 Å². The quantitative estimate of drug-likeness (QED) is 0.234. The Bertz CT molecular complexity index is 1180. The van der Waals surface area contributed by atoms with Gasteiger partial charge in [-0.2, -0.15) is 0 Å². The van der Waals surface area contributed by atoms with Crippen LogP contribution in [0.5, 0.6) is 0 Å². The molecule has 1 saturated heterocycles. The van der Waals surface area contributed by atoms with Gasteiger partial charge in [-0.3, -0.25) is 9.80 Å². The minimum absolute atomic E-state index is 0.193. The van der Waals surface area contributed by atoms with Crippen LogP contribution in [0.25, 0.3) is 0 Å². The molecule has 10 nitrogen and oxygen atoms in total. The van der Waals surface area contributed by atoms with Crippen molar-refractivity contribution in [3.8, 4) is 0 Å². The Kier molecular flexibility index (Phi) is 9.45. The summed E-state index contributed by atoms with van der Waals surface area (Å²) in [6, 6.07) is 15.0. The number of hydrazine groups is 1. The van der Waals surface area contributed by atoms with Crippen LogP contribution in [-0.2, 0) is 27.3 Å². The number of nitrogens with zero attached hydrogens (tertiary/aromatic N) is 3. The van der Waals surface area contributed by atoms with Crippen molar-refractivity contribution >= 4 is 29.4 Å². The van der Waals surface area contributed by atoms with E-state index in [9.17, 15) is 14.7 Å². The van der Waals surface area contributed by atoms with Gasteiger partial charge in [-0.1, -0.05) is 54.1 Å². The number of carbonyl (C=O) groups excluding carboxylic acids is 2. The first-order valence-corrected chi connectivity index (χ1v) is 13.4. The topological polar surface area (TPSA) is 130 Å². The van der Waals surface area contributed by atoms with Gasteiger partial charge >= 0.3 is 6.03 Å². The normalized spacial score (nSPS) is 22.1. The number of nitrogens with one attached hydrogen (secondary N) is 1. The van der Waals surface area contributed by atoms with E-state index in [1.807, 2.05) is 48.5 Å². The standard InChI is InChI=1S/C28H36ClN5O5/c1-19(38-16-20-8-4-3-5-9-20)24(31-27(37)33(2)30)26(36)34-13-7-12-23(34)25-32-28(17-35,18-39-25)15-21-10-6-11-22(29)14-21/h3-6,8-11,14,19,23-24,35H,7,12-13,15-18,30H2,1-2H3,(H,31,37)/t19?,23-,24-,28-/m0/s1. The second-order valence-electron chi connectivity index (χ2n) is 10.2. The smallest absolute Gasteiger partial charge is 0.332 e. The third kappa shape index (κ3) is 7.07. The number of urea groups is 1. The van der Waals surface area contributed by atoms with Crippen LogP contribution in [0.3, 0.4) is 0 Å². The molecular formula is C28H36ClN5O5. The number of rotatable bonds is 10. The van der Waals surface area contributed by atoms with Crippen molar-refractivity contribution in [2.45, 2.75) is 56.5 Å². The number of ether oxygens (including phenoxy) is 2. The van der Waals surface area contributed by atoms with Crippen molar-refractivity contribution in [2.75, 3.05) is 26.8 Å². The Labute approximate surface area is 233 Å². The molecule has 2 aliphatic heterocycles. The van der Waals surface area contributed by atoms with Crippen LogP contribution in [0.1, 0.15) is 30.9 Å². The molecule has 0 aromatic heterocycles. The van der Waals surface area contributed by atoms with Crippen molar-refractivity contribution in [1.29, 1.82) is 0 Å². The number of nitrogens with two attached hydrogens (primary N) is 1. The molecule has 2 aromatic carbocycles. The lowest BCUT2D eigenvalue weighted by Crippen LogP contribution is -2.58. The molecule has 0 bridgehead atoms. The molecule has 3 amide bonds. The van der Waals surface area contributed by atoms with Crippen LogP contribution in [0, 0.1) is 0 Å². The van der Waals surface area contributed by atoms with Crippen molar-refractivity contribution in [3.63, 3.8) is 0 Å². The van der Waals surface area contributed by atoms with Crippen LogP contribution < -0.4 is 11.2 Å². The van der Waals surface area contributed by atoms with Crippen LogP contribution in [0.15, 0.2) is 59.6 Å². The van der Waals surface area contributed by atoms with E-state index in [2.05, 4.69) is 5.32 Å². The molecule has 4 atom stereocenters. The number of likely N-dealkylation sites (tertiary alicyclic amines) is 1. The summed E-state index contributed by atoms with van der Waals surface area (Å²) in [6.07, 6.45) is 1.20. The largest absolute Gasteiger partial charge is 0.477 e. The molecule has 39 heavy (non-hydrogen) atoms. The van der Waals surface area contributed by atoms with Gasteiger partial charge in [0.25, 0.3) is 0 Å². The number of carbonyl (C=O) groups is 2. The van der Waals surface area contributed by atoms with Crippen molar-refractivity contribution in [1.82, 2.24) is 15.2 Å². The Morgan fingerprint density at radius 1 is 1.28 bits per heavy atom. The first-order valence-electron chi connectivity index (χ1n) is 13.0. The van der Waals surface area contributed by atoms with Crippen molar-refractivity contribution in [2.24, 2.45) is 10.8 Å². The van der Waals surface area contributed by atoms with E-state index in [-0.39, 0.29) is 25.7 Å². The highest BCUT2D eigenvalue weighted by atomic mass is 35.5. The highest BCUT2D eigenvalue weighted by molar-refractivity contribution is 6.30. The summed E-state index contributed by atoms with van der Waals surface area (Å²) in [7, 11) is 1.40. The maximum Gasteiger partial charge on any atom is 0.332 e. The molecule has 0 radical (unpaired) electrons. The van der Waals surface area contributed by atoms with Gasteiger partial charge in [0.05, 0.1) is 19.3 Å². The van der Waals surface area contributed by atoms with E-state index in [4.69, 9.17) is 31.9 Å². The summed E-state index contributed by atoms with van der Waals surface area (Å²) in [4.78, 5) is 32.9. The minimum atomic E-state index is -0.983. The number of aliphatic imine (C=N–C) groups is 1. The number of hydrogen-bond donors (Lipinski definition) is 3. The van der Waals surface area contributed by atoms with Crippen LogP contribution in [0.4, 0.5) is 4.79 Å². The zero-order chi connectivity index (χ0) is 28.0. The van der Waals surface area contributed by atoms with E-state index in [0.717, 1.165) is 22.6 Å². The predicted molar refractivity (Wildman–Crippen MR) is 148 cm³/mol. The minimum Gasteiger partial charge on any atom is -0.477 e. The number of aliphatic hydroxyl groups is 1. The molecule has 2 aliphatic rings. The summed E-state index contributed by atoms with van der Waals surface area (Å²) >= 11 is 6.15. The van der Waals surface area contributed by atoms with Crippen LogP contribution in [0.2, 0.25) is 5.02 Å². The van der Waals surface area contributed by atoms with E-state index in [0.29, 0.717) is 30.3 Å². The molecule has 210 valence electrons. The van der Waals surface area contributed by atoms with E-state index in [1.165, 1.54) is 7.05 Å². The van der Waals surface area contributed by atoms with Crippen LogP contribution in [-0.4, -0.2) is 83.4 Å². The van der Waals surface area contributed by atoms with E-state index in [1.54, 1.807) is 17.9 Å². The SMILES string of the molecule is CC(OCc1ccccc1)[C@H](NC(=O)N(C)N)C(=O)N1CCC[C@H]1C1=N[C@](CO)(Cc2cccc(Cl)c2)CO1. The number of hydrogen-bond acceptors (Lipinski definition) is 7. The Balaban J connectivity index is 1.52. The molecule has 0 spiro atoms. The van der Waals surface area contributed by atoms with E-state index >= 15 is 0 Å². The third-order valence-electron chi connectivity index (χ3n) is 7.06. The zero-order valence-electron chi connectivity index (χ0n) is 22.3. The molecule has 4 N–H and O–H groups in total. The number of amides is 3. The van der Waals surface area contributed by atoms with Gasteiger partial charge in [0.1, 0.15) is 24.2 Å². The second-order valence-corrected chi connectivity index (χ2v) is 10.6.